The second-order valence-corrected chi connectivity index (χ2v) is 5.23. The summed E-state index contributed by atoms with van der Waals surface area (Å²) in [5.74, 6) is 0.557. The van der Waals surface area contributed by atoms with Crippen molar-refractivity contribution in [3.05, 3.63) is 59.7 Å². The molecule has 2 aromatic carbocycles. The monoisotopic (exact) mass is 319 g/mol. The van der Waals surface area contributed by atoms with Crippen LogP contribution in [0.15, 0.2) is 48.5 Å². The summed E-state index contributed by atoms with van der Waals surface area (Å²) in [7, 11) is 0. The van der Waals surface area contributed by atoms with Gasteiger partial charge in [0, 0.05) is 5.69 Å². The van der Waals surface area contributed by atoms with E-state index in [9.17, 15) is 4.79 Å². The van der Waals surface area contributed by atoms with Crippen molar-refractivity contribution in [2.75, 3.05) is 18.1 Å². The minimum Gasteiger partial charge on any atom is -0.490 e. The van der Waals surface area contributed by atoms with E-state index in [0.717, 1.165) is 0 Å². The minimum atomic E-state index is -0.445. The zero-order chi connectivity index (χ0) is 16.9. The first-order valence-corrected chi connectivity index (χ1v) is 7.31. The topological polar surface area (TPSA) is 86.3 Å². The number of nitrogens with zero attached hydrogens (tertiary/aromatic N) is 3. The Balaban J connectivity index is 1.62. The third kappa shape index (κ3) is 3.29. The van der Waals surface area contributed by atoms with Crippen LogP contribution in [-0.4, -0.2) is 25.3 Å². The van der Waals surface area contributed by atoms with Crippen LogP contribution in [0.1, 0.15) is 11.1 Å². The second-order valence-electron chi connectivity index (χ2n) is 5.23. The first-order valence-electron chi connectivity index (χ1n) is 7.31. The van der Waals surface area contributed by atoms with Gasteiger partial charge in [0.25, 0.3) is 0 Å². The van der Waals surface area contributed by atoms with Gasteiger partial charge in [0.15, 0.2) is 6.10 Å². The summed E-state index contributed by atoms with van der Waals surface area (Å²) >= 11 is 0. The number of carbonyl (C=O) groups is 1. The molecule has 1 aliphatic rings. The van der Waals surface area contributed by atoms with Crippen molar-refractivity contribution >= 4 is 11.8 Å². The Morgan fingerprint density at radius 3 is 2.58 bits per heavy atom. The van der Waals surface area contributed by atoms with Crippen LogP contribution in [0.2, 0.25) is 0 Å². The quantitative estimate of drug-likeness (QED) is 0.865. The fourth-order valence-electron chi connectivity index (χ4n) is 2.38. The standard InChI is InChI=1S/C18H13N3O3/c19-9-13-4-6-15(7-5-13)21-11-17(24-18(21)22)12-23-16-3-1-2-14(8-16)10-20/h1-8,17H,11-12H2. The molecule has 0 spiro atoms. The van der Waals surface area contributed by atoms with Crippen LogP contribution in [0.5, 0.6) is 5.75 Å². The molecule has 2 aromatic rings. The van der Waals surface area contributed by atoms with Crippen molar-refractivity contribution in [2.45, 2.75) is 6.10 Å². The van der Waals surface area contributed by atoms with Crippen LogP contribution in [0, 0.1) is 22.7 Å². The fourth-order valence-corrected chi connectivity index (χ4v) is 2.38. The molecule has 1 aliphatic heterocycles. The molecule has 3 rings (SSSR count). The molecule has 0 radical (unpaired) electrons. The van der Waals surface area contributed by atoms with Crippen LogP contribution in [0.3, 0.4) is 0 Å². The summed E-state index contributed by atoms with van der Waals surface area (Å²) in [6, 6.07) is 17.6. The summed E-state index contributed by atoms with van der Waals surface area (Å²) in [5, 5.41) is 17.7. The number of benzene rings is 2. The average molecular weight is 319 g/mol. The van der Waals surface area contributed by atoms with Crippen molar-refractivity contribution in [3.8, 4) is 17.9 Å². The molecule has 1 amide bonds. The molecule has 6 nitrogen and oxygen atoms in total. The van der Waals surface area contributed by atoms with Gasteiger partial charge in [-0.15, -0.1) is 0 Å². The van der Waals surface area contributed by atoms with Crippen LogP contribution in [-0.2, 0) is 4.74 Å². The van der Waals surface area contributed by atoms with Gasteiger partial charge in [-0.1, -0.05) is 6.07 Å². The highest BCUT2D eigenvalue weighted by Gasteiger charge is 2.32. The Bertz CT molecular complexity index is 834. The Morgan fingerprint density at radius 2 is 1.88 bits per heavy atom. The molecular formula is C18H13N3O3. The summed E-state index contributed by atoms with van der Waals surface area (Å²) in [6.45, 7) is 0.566. The summed E-state index contributed by atoms with van der Waals surface area (Å²) in [4.78, 5) is 13.5. The van der Waals surface area contributed by atoms with E-state index in [1.54, 1.807) is 48.5 Å². The predicted molar refractivity (Wildman–Crippen MR) is 85.4 cm³/mol. The lowest BCUT2D eigenvalue weighted by atomic mass is 10.2. The Labute approximate surface area is 139 Å². The van der Waals surface area contributed by atoms with Gasteiger partial charge in [-0.3, -0.25) is 4.90 Å². The molecule has 1 fully saturated rings. The third-order valence-corrected chi connectivity index (χ3v) is 3.58. The molecule has 1 atom stereocenters. The molecule has 24 heavy (non-hydrogen) atoms. The maximum absolute atomic E-state index is 12.0. The van der Waals surface area contributed by atoms with E-state index in [1.165, 1.54) is 4.90 Å². The average Bonchev–Trinajstić information content (AvgIpc) is 3.01. The van der Waals surface area contributed by atoms with Gasteiger partial charge in [0.1, 0.15) is 12.4 Å². The van der Waals surface area contributed by atoms with Crippen molar-refractivity contribution < 1.29 is 14.3 Å². The number of anilines is 1. The van der Waals surface area contributed by atoms with Gasteiger partial charge in [0.05, 0.1) is 29.8 Å². The van der Waals surface area contributed by atoms with Gasteiger partial charge in [-0.25, -0.2) is 4.79 Å². The largest absolute Gasteiger partial charge is 0.490 e. The normalized spacial score (nSPS) is 16.2. The van der Waals surface area contributed by atoms with Crippen LogP contribution >= 0.6 is 0 Å². The zero-order valence-corrected chi connectivity index (χ0v) is 12.7. The number of rotatable bonds is 4. The van der Waals surface area contributed by atoms with E-state index in [-0.39, 0.29) is 6.61 Å². The molecule has 1 unspecified atom stereocenters. The number of carbonyl (C=O) groups excluding carboxylic acids is 1. The zero-order valence-electron chi connectivity index (χ0n) is 12.7. The van der Waals surface area contributed by atoms with E-state index in [0.29, 0.717) is 29.1 Å². The third-order valence-electron chi connectivity index (χ3n) is 3.58. The number of hydrogen-bond acceptors (Lipinski definition) is 5. The van der Waals surface area contributed by atoms with Crippen molar-refractivity contribution in [1.29, 1.82) is 10.5 Å². The van der Waals surface area contributed by atoms with E-state index < -0.39 is 12.2 Å². The van der Waals surface area contributed by atoms with Crippen LogP contribution < -0.4 is 9.64 Å². The molecule has 0 bridgehead atoms. The van der Waals surface area contributed by atoms with Crippen molar-refractivity contribution in [1.82, 2.24) is 0 Å². The van der Waals surface area contributed by atoms with Gasteiger partial charge < -0.3 is 9.47 Å². The molecule has 0 N–H and O–H groups in total. The highest BCUT2D eigenvalue weighted by Crippen LogP contribution is 2.23. The van der Waals surface area contributed by atoms with Gasteiger partial charge in [-0.2, -0.15) is 10.5 Å². The lowest BCUT2D eigenvalue weighted by molar-refractivity contribution is 0.105. The van der Waals surface area contributed by atoms with E-state index in [2.05, 4.69) is 0 Å². The van der Waals surface area contributed by atoms with Gasteiger partial charge >= 0.3 is 6.09 Å². The Hall–Kier alpha value is -3.51. The highest BCUT2D eigenvalue weighted by molar-refractivity contribution is 5.89. The van der Waals surface area contributed by atoms with Crippen LogP contribution in [0.25, 0.3) is 0 Å². The lowest BCUT2D eigenvalue weighted by Gasteiger charge is -2.13. The maximum Gasteiger partial charge on any atom is 0.414 e. The van der Waals surface area contributed by atoms with Crippen LogP contribution in [0.4, 0.5) is 10.5 Å². The van der Waals surface area contributed by atoms with Gasteiger partial charge in [0.2, 0.25) is 0 Å². The number of ether oxygens (including phenoxy) is 2. The lowest BCUT2D eigenvalue weighted by Crippen LogP contribution is -2.26. The molecule has 6 heteroatoms. The molecule has 0 saturated carbocycles. The van der Waals surface area contributed by atoms with E-state index in [4.69, 9.17) is 20.0 Å². The number of hydrogen-bond donors (Lipinski definition) is 0. The molecule has 0 aromatic heterocycles. The smallest absolute Gasteiger partial charge is 0.414 e. The first kappa shape index (κ1) is 15.4. The van der Waals surface area contributed by atoms with E-state index in [1.807, 2.05) is 12.1 Å². The minimum absolute atomic E-state index is 0.202. The number of cyclic esters (lactones) is 1. The molecule has 1 saturated heterocycles. The summed E-state index contributed by atoms with van der Waals surface area (Å²) < 4.78 is 10.9. The molecule has 118 valence electrons. The molecule has 0 aliphatic carbocycles. The van der Waals surface area contributed by atoms with Crippen molar-refractivity contribution in [2.24, 2.45) is 0 Å². The van der Waals surface area contributed by atoms with E-state index >= 15 is 0 Å². The number of amides is 1. The Morgan fingerprint density at radius 1 is 1.12 bits per heavy atom. The predicted octanol–water partition coefficient (Wildman–Crippen LogP) is 2.83. The fraction of sp³-hybridized carbons (Fsp3) is 0.167. The Kier molecular flexibility index (Phi) is 4.31. The summed E-state index contributed by atoms with van der Waals surface area (Å²) in [6.07, 6.45) is -0.849. The molecule has 1 heterocycles. The van der Waals surface area contributed by atoms with Gasteiger partial charge in [-0.05, 0) is 42.5 Å². The van der Waals surface area contributed by atoms with Crippen molar-refractivity contribution in [3.63, 3.8) is 0 Å². The SMILES string of the molecule is N#Cc1ccc(N2CC(COc3cccc(C#N)c3)OC2=O)cc1. The second kappa shape index (κ2) is 6.72. The highest BCUT2D eigenvalue weighted by atomic mass is 16.6. The summed E-state index contributed by atoms with van der Waals surface area (Å²) in [5.41, 5.74) is 1.71. The first-order chi connectivity index (χ1) is 11.7. The molecular weight excluding hydrogens is 306 g/mol. The number of nitriles is 2. The maximum atomic E-state index is 12.0.